The number of nitrogens with zero attached hydrogens (tertiary/aromatic N) is 6. The molecule has 0 unspecified atom stereocenters. The average Bonchev–Trinajstić information content (AvgIpc) is 1.59. The van der Waals surface area contributed by atoms with E-state index in [0.717, 1.165) is 177 Å². The maximum Gasteiger partial charge on any atom is 0.230 e. The standard InChI is InChI=1S/C90H56N6O/c1-5-23-57(24-6-1)62-41-45-79-70(53-62)66-31-13-18-36-75(66)93(79)86-84(61-49-51-91-52-50-61)85(90-92-74-35-17-22-40-83(74)97-90)87(94-76-37-19-14-32-67(76)71-54-63(42-46-80(71)94)58-25-7-2-8-26-58)89(96-78-39-21-16-34-69(78)73-56-65(44-48-82(73)96)60-29-11-4-12-30-60)88(86)95-77-38-20-15-33-68(77)72-55-64(43-47-81(72)95)59-27-9-3-10-28-59/h1-56H. The van der Waals surface area contributed by atoms with Crippen LogP contribution in [0.2, 0.25) is 0 Å². The zero-order valence-corrected chi connectivity index (χ0v) is 52.4. The Bertz CT molecular complexity index is 6500. The van der Waals surface area contributed by atoms with E-state index in [9.17, 15) is 0 Å². The fraction of sp³-hybridized carbons (Fsp3) is 0. The molecule has 452 valence electrons. The maximum atomic E-state index is 7.54. The minimum Gasteiger partial charge on any atom is -0.436 e. The van der Waals surface area contributed by atoms with Crippen molar-refractivity contribution in [2.45, 2.75) is 0 Å². The molecule has 0 atom stereocenters. The number of fused-ring (bicyclic) bond motifs is 13. The van der Waals surface area contributed by atoms with Crippen LogP contribution >= 0.6 is 0 Å². The fourth-order valence-electron chi connectivity index (χ4n) is 15.6. The van der Waals surface area contributed by atoms with Crippen molar-refractivity contribution in [3.63, 3.8) is 0 Å². The van der Waals surface area contributed by atoms with Gasteiger partial charge in [-0.05, 0) is 147 Å². The van der Waals surface area contributed by atoms with Gasteiger partial charge in [-0.3, -0.25) is 4.98 Å². The predicted octanol–water partition coefficient (Wildman–Crippen LogP) is 23.6. The highest BCUT2D eigenvalue weighted by molar-refractivity contribution is 6.19. The first-order valence-electron chi connectivity index (χ1n) is 33.0. The smallest absolute Gasteiger partial charge is 0.230 e. The molecular weight excluding hydrogens is 1180 g/mol. The molecule has 0 aliphatic heterocycles. The number of pyridine rings is 1. The average molecular weight is 1240 g/mol. The van der Waals surface area contributed by atoms with E-state index < -0.39 is 0 Å². The number of benzene rings is 14. The second kappa shape index (κ2) is 21.7. The largest absolute Gasteiger partial charge is 0.436 e. The molecule has 0 spiro atoms. The van der Waals surface area contributed by atoms with E-state index in [4.69, 9.17) is 14.4 Å². The molecule has 0 N–H and O–H groups in total. The second-order valence-corrected chi connectivity index (χ2v) is 25.2. The molecule has 6 aromatic heterocycles. The zero-order chi connectivity index (χ0) is 63.7. The Balaban J connectivity index is 1.09. The van der Waals surface area contributed by atoms with Gasteiger partial charge in [-0.25, -0.2) is 4.98 Å². The Kier molecular flexibility index (Phi) is 12.2. The van der Waals surface area contributed by atoms with Gasteiger partial charge >= 0.3 is 0 Å². The van der Waals surface area contributed by atoms with E-state index in [1.54, 1.807) is 0 Å². The van der Waals surface area contributed by atoms with Crippen molar-refractivity contribution in [3.8, 4) is 89.8 Å². The molecule has 0 radical (unpaired) electrons. The van der Waals surface area contributed by atoms with E-state index in [1.807, 2.05) is 30.6 Å². The molecular formula is C90H56N6O. The van der Waals surface area contributed by atoms with Crippen LogP contribution in [0.25, 0.3) is 188 Å². The first-order valence-corrected chi connectivity index (χ1v) is 33.0. The number of hydrogen-bond donors (Lipinski definition) is 0. The van der Waals surface area contributed by atoms with Gasteiger partial charge in [-0.1, -0.05) is 231 Å². The van der Waals surface area contributed by atoms with Gasteiger partial charge < -0.3 is 22.7 Å². The lowest BCUT2D eigenvalue weighted by molar-refractivity contribution is 0.619. The third kappa shape index (κ3) is 8.42. The van der Waals surface area contributed by atoms with Gasteiger partial charge in [-0.15, -0.1) is 0 Å². The molecule has 0 aliphatic carbocycles. The summed E-state index contributed by atoms with van der Waals surface area (Å²) in [7, 11) is 0. The van der Waals surface area contributed by atoms with Crippen LogP contribution in [-0.2, 0) is 0 Å². The molecule has 0 bridgehead atoms. The van der Waals surface area contributed by atoms with E-state index in [-0.39, 0.29) is 0 Å². The van der Waals surface area contributed by atoms with Gasteiger partial charge in [0.05, 0.1) is 72.4 Å². The molecule has 0 saturated carbocycles. The number of para-hydroxylation sites is 6. The molecule has 97 heavy (non-hydrogen) atoms. The quantitative estimate of drug-likeness (QED) is 0.137. The first kappa shape index (κ1) is 54.5. The summed E-state index contributed by atoms with van der Waals surface area (Å²) < 4.78 is 17.8. The summed E-state index contributed by atoms with van der Waals surface area (Å²) in [6, 6.07) is 119. The first-order chi connectivity index (χ1) is 48.2. The lowest BCUT2D eigenvalue weighted by Crippen LogP contribution is -2.16. The molecule has 7 nitrogen and oxygen atoms in total. The Hall–Kier alpha value is -13.1. The van der Waals surface area contributed by atoms with Crippen molar-refractivity contribution in [2.24, 2.45) is 0 Å². The Morgan fingerprint density at radius 2 is 0.515 bits per heavy atom. The van der Waals surface area contributed by atoms with Crippen molar-refractivity contribution in [1.29, 1.82) is 0 Å². The molecule has 20 aromatic rings. The highest BCUT2D eigenvalue weighted by Crippen LogP contribution is 2.55. The number of hydrogen-bond acceptors (Lipinski definition) is 3. The Labute approximate surface area is 557 Å². The lowest BCUT2D eigenvalue weighted by Gasteiger charge is -2.30. The van der Waals surface area contributed by atoms with Gasteiger partial charge in [0, 0.05) is 61.0 Å². The van der Waals surface area contributed by atoms with Gasteiger partial charge in [0.25, 0.3) is 0 Å². The molecule has 0 fully saturated rings. The second-order valence-electron chi connectivity index (χ2n) is 25.2. The van der Waals surface area contributed by atoms with E-state index in [2.05, 4.69) is 328 Å². The third-order valence-corrected chi connectivity index (χ3v) is 19.9. The lowest BCUT2D eigenvalue weighted by atomic mass is 9.92. The molecule has 0 aliphatic rings. The van der Waals surface area contributed by atoms with Crippen molar-refractivity contribution in [1.82, 2.24) is 28.2 Å². The Morgan fingerprint density at radius 1 is 0.216 bits per heavy atom. The van der Waals surface area contributed by atoms with Crippen LogP contribution in [0, 0.1) is 0 Å². The molecule has 0 saturated heterocycles. The van der Waals surface area contributed by atoms with Crippen molar-refractivity contribution >= 4 is 98.3 Å². The molecule has 7 heteroatoms. The normalized spacial score (nSPS) is 11.9. The highest BCUT2D eigenvalue weighted by Gasteiger charge is 2.37. The van der Waals surface area contributed by atoms with E-state index in [1.165, 1.54) is 0 Å². The third-order valence-electron chi connectivity index (χ3n) is 19.9. The minimum absolute atomic E-state index is 0.470. The number of oxazole rings is 1. The van der Waals surface area contributed by atoms with Crippen molar-refractivity contribution in [3.05, 3.63) is 340 Å². The number of aromatic nitrogens is 6. The summed E-state index contributed by atoms with van der Waals surface area (Å²) in [5.74, 6) is 0.470. The van der Waals surface area contributed by atoms with Crippen LogP contribution in [0.3, 0.4) is 0 Å². The van der Waals surface area contributed by atoms with E-state index in [0.29, 0.717) is 11.5 Å². The fourth-order valence-corrected chi connectivity index (χ4v) is 15.6. The summed E-state index contributed by atoms with van der Waals surface area (Å²) >= 11 is 0. The van der Waals surface area contributed by atoms with Crippen LogP contribution in [-0.4, -0.2) is 28.2 Å². The van der Waals surface area contributed by atoms with Gasteiger partial charge in [0.1, 0.15) is 5.52 Å². The van der Waals surface area contributed by atoms with Gasteiger partial charge in [0.2, 0.25) is 5.89 Å². The molecule has 20 rings (SSSR count). The SMILES string of the molecule is c1ccc(-c2ccc3c(c2)c2ccccc2n3-c2c(-c3ccncc3)c(-c3nc4ccccc4o3)c(-n3c4ccccc4c4cc(-c5ccccc5)ccc43)c(-n3c4ccccc4c4cc(-c5ccccc5)ccc43)c2-n2c3ccccc3c3cc(-c4ccccc4)ccc32)cc1. The molecule has 6 heterocycles. The van der Waals surface area contributed by atoms with Crippen LogP contribution in [0.15, 0.2) is 344 Å². The summed E-state index contributed by atoms with van der Waals surface area (Å²) in [4.78, 5) is 10.6. The molecule has 0 amide bonds. The predicted molar refractivity (Wildman–Crippen MR) is 402 cm³/mol. The topological polar surface area (TPSA) is 58.6 Å². The minimum atomic E-state index is 0.470. The van der Waals surface area contributed by atoms with Gasteiger partial charge in [-0.2, -0.15) is 0 Å². The van der Waals surface area contributed by atoms with Crippen molar-refractivity contribution < 1.29 is 4.42 Å². The zero-order valence-electron chi connectivity index (χ0n) is 52.4. The summed E-state index contributed by atoms with van der Waals surface area (Å²) in [5.41, 5.74) is 25.1. The van der Waals surface area contributed by atoms with Crippen LogP contribution in [0.4, 0.5) is 0 Å². The summed E-state index contributed by atoms with van der Waals surface area (Å²) in [6.45, 7) is 0. The van der Waals surface area contributed by atoms with Gasteiger partial charge in [0.15, 0.2) is 5.58 Å². The maximum absolute atomic E-state index is 7.54. The molecule has 14 aromatic carbocycles. The summed E-state index contributed by atoms with van der Waals surface area (Å²) in [6.07, 6.45) is 3.85. The van der Waals surface area contributed by atoms with Crippen LogP contribution in [0.5, 0.6) is 0 Å². The number of rotatable bonds is 10. The van der Waals surface area contributed by atoms with Crippen LogP contribution < -0.4 is 0 Å². The monoisotopic (exact) mass is 1240 g/mol. The van der Waals surface area contributed by atoms with E-state index >= 15 is 0 Å². The van der Waals surface area contributed by atoms with Crippen LogP contribution in [0.1, 0.15) is 0 Å². The van der Waals surface area contributed by atoms with Crippen molar-refractivity contribution in [2.75, 3.05) is 0 Å². The summed E-state index contributed by atoms with van der Waals surface area (Å²) in [5, 5.41) is 8.94. The highest BCUT2D eigenvalue weighted by atomic mass is 16.3. The Morgan fingerprint density at radius 3 is 0.876 bits per heavy atom.